The van der Waals surface area contributed by atoms with Crippen LogP contribution in [-0.4, -0.2) is 16.5 Å². The summed E-state index contributed by atoms with van der Waals surface area (Å²) in [6.45, 7) is 4.61. The third kappa shape index (κ3) is 3.64. The van der Waals surface area contributed by atoms with E-state index in [1.165, 1.54) is 6.07 Å². The molecular formula is C13H14BrFN4. The largest absolute Gasteiger partial charge is 0.354 e. The van der Waals surface area contributed by atoms with Crippen molar-refractivity contribution in [2.75, 3.05) is 17.2 Å². The second-order valence-electron chi connectivity index (χ2n) is 4.00. The molecule has 1 aromatic carbocycles. The van der Waals surface area contributed by atoms with Crippen molar-refractivity contribution in [1.82, 2.24) is 9.97 Å². The van der Waals surface area contributed by atoms with Crippen LogP contribution < -0.4 is 10.6 Å². The second-order valence-corrected chi connectivity index (χ2v) is 4.86. The van der Waals surface area contributed by atoms with Crippen LogP contribution in [0.1, 0.15) is 12.6 Å². The molecule has 4 nitrogen and oxygen atoms in total. The Morgan fingerprint density at radius 2 is 2.05 bits per heavy atom. The maximum absolute atomic E-state index is 13.4. The molecule has 19 heavy (non-hydrogen) atoms. The van der Waals surface area contributed by atoms with Crippen molar-refractivity contribution in [2.24, 2.45) is 0 Å². The van der Waals surface area contributed by atoms with Crippen LogP contribution in [0.3, 0.4) is 0 Å². The van der Waals surface area contributed by atoms with Gasteiger partial charge in [0.1, 0.15) is 11.6 Å². The molecular weight excluding hydrogens is 311 g/mol. The van der Waals surface area contributed by atoms with Crippen molar-refractivity contribution >= 4 is 33.4 Å². The highest BCUT2D eigenvalue weighted by molar-refractivity contribution is 9.10. The summed E-state index contributed by atoms with van der Waals surface area (Å²) in [5, 5.41) is 6.11. The molecule has 0 saturated carbocycles. The Labute approximate surface area is 119 Å². The van der Waals surface area contributed by atoms with Crippen LogP contribution in [0.5, 0.6) is 0 Å². The van der Waals surface area contributed by atoms with Crippen LogP contribution in [0.2, 0.25) is 0 Å². The highest BCUT2D eigenvalue weighted by Crippen LogP contribution is 2.22. The monoisotopic (exact) mass is 324 g/mol. The van der Waals surface area contributed by atoms with E-state index < -0.39 is 0 Å². The number of nitrogens with zero attached hydrogens (tertiary/aromatic N) is 2. The van der Waals surface area contributed by atoms with Crippen molar-refractivity contribution in [3.8, 4) is 0 Å². The lowest BCUT2D eigenvalue weighted by atomic mass is 10.3. The summed E-state index contributed by atoms with van der Waals surface area (Å²) in [6.07, 6.45) is 0. The van der Waals surface area contributed by atoms with E-state index in [0.717, 1.165) is 12.2 Å². The lowest BCUT2D eigenvalue weighted by molar-refractivity contribution is 0.622. The van der Waals surface area contributed by atoms with Crippen molar-refractivity contribution in [3.05, 3.63) is 40.2 Å². The molecule has 2 aromatic rings. The van der Waals surface area contributed by atoms with Crippen LogP contribution in [0.15, 0.2) is 28.7 Å². The van der Waals surface area contributed by atoms with E-state index in [-0.39, 0.29) is 5.82 Å². The van der Waals surface area contributed by atoms with Gasteiger partial charge in [0.05, 0.1) is 4.47 Å². The SMILES string of the molecule is CCNc1nc(C)cc(Nc2ccc(Br)c(F)c2)n1. The number of aromatic nitrogens is 2. The number of aryl methyl sites for hydroxylation is 1. The lowest BCUT2D eigenvalue weighted by Gasteiger charge is -2.09. The summed E-state index contributed by atoms with van der Waals surface area (Å²) < 4.78 is 13.9. The Kier molecular flexibility index (Phi) is 4.31. The molecule has 0 amide bonds. The molecule has 0 saturated heterocycles. The molecule has 1 heterocycles. The van der Waals surface area contributed by atoms with Gasteiger partial charge in [-0.2, -0.15) is 4.98 Å². The molecule has 0 radical (unpaired) electrons. The van der Waals surface area contributed by atoms with Gasteiger partial charge >= 0.3 is 0 Å². The molecule has 100 valence electrons. The van der Waals surface area contributed by atoms with E-state index in [1.807, 2.05) is 13.8 Å². The van der Waals surface area contributed by atoms with Crippen LogP contribution in [0.25, 0.3) is 0 Å². The van der Waals surface area contributed by atoms with Gasteiger partial charge in [-0.3, -0.25) is 0 Å². The van der Waals surface area contributed by atoms with Gasteiger partial charge in [-0.15, -0.1) is 0 Å². The smallest absolute Gasteiger partial charge is 0.224 e. The van der Waals surface area contributed by atoms with Gasteiger partial charge in [-0.05, 0) is 48.0 Å². The summed E-state index contributed by atoms with van der Waals surface area (Å²) >= 11 is 3.12. The molecule has 0 aliphatic rings. The van der Waals surface area contributed by atoms with Gasteiger partial charge < -0.3 is 10.6 Å². The average Bonchev–Trinajstić information content (AvgIpc) is 2.33. The number of halogens is 2. The van der Waals surface area contributed by atoms with E-state index in [4.69, 9.17) is 0 Å². The van der Waals surface area contributed by atoms with Crippen molar-refractivity contribution < 1.29 is 4.39 Å². The van der Waals surface area contributed by atoms with Crippen molar-refractivity contribution in [1.29, 1.82) is 0 Å². The van der Waals surface area contributed by atoms with Gasteiger partial charge in [-0.25, -0.2) is 9.37 Å². The number of nitrogens with one attached hydrogen (secondary N) is 2. The maximum atomic E-state index is 13.4. The number of hydrogen-bond acceptors (Lipinski definition) is 4. The third-order valence-corrected chi connectivity index (χ3v) is 3.02. The number of anilines is 3. The summed E-state index contributed by atoms with van der Waals surface area (Å²) in [5.74, 6) is 0.871. The molecule has 0 atom stereocenters. The zero-order chi connectivity index (χ0) is 13.8. The van der Waals surface area contributed by atoms with Crippen LogP contribution in [0, 0.1) is 12.7 Å². The van der Waals surface area contributed by atoms with E-state index in [0.29, 0.717) is 21.9 Å². The number of hydrogen-bond donors (Lipinski definition) is 2. The van der Waals surface area contributed by atoms with E-state index in [2.05, 4.69) is 36.5 Å². The highest BCUT2D eigenvalue weighted by atomic mass is 79.9. The molecule has 2 rings (SSSR count). The van der Waals surface area contributed by atoms with Crippen molar-refractivity contribution in [2.45, 2.75) is 13.8 Å². The molecule has 0 bridgehead atoms. The molecule has 0 fully saturated rings. The minimum Gasteiger partial charge on any atom is -0.354 e. The predicted octanol–water partition coefficient (Wildman–Crippen LogP) is 3.86. The fraction of sp³-hybridized carbons (Fsp3) is 0.231. The quantitative estimate of drug-likeness (QED) is 0.896. The summed E-state index contributed by atoms with van der Waals surface area (Å²) in [6, 6.07) is 6.64. The maximum Gasteiger partial charge on any atom is 0.224 e. The topological polar surface area (TPSA) is 49.8 Å². The minimum atomic E-state index is -0.317. The third-order valence-electron chi connectivity index (χ3n) is 2.38. The first-order valence-corrected chi connectivity index (χ1v) is 6.69. The first-order chi connectivity index (χ1) is 9.08. The Bertz CT molecular complexity index is 589. The highest BCUT2D eigenvalue weighted by Gasteiger charge is 2.04. The Morgan fingerprint density at radius 3 is 2.74 bits per heavy atom. The number of benzene rings is 1. The molecule has 0 unspecified atom stereocenters. The molecule has 1 aromatic heterocycles. The summed E-state index contributed by atoms with van der Waals surface area (Å²) in [5.41, 5.74) is 1.48. The van der Waals surface area contributed by atoms with Gasteiger partial charge in [-0.1, -0.05) is 0 Å². The van der Waals surface area contributed by atoms with Crippen molar-refractivity contribution in [3.63, 3.8) is 0 Å². The first-order valence-electron chi connectivity index (χ1n) is 5.90. The standard InChI is InChI=1S/C13H14BrFN4/c1-3-16-13-17-8(2)6-12(19-13)18-9-4-5-10(14)11(15)7-9/h4-7H,3H2,1-2H3,(H2,16,17,18,19). The second kappa shape index (κ2) is 5.97. The molecule has 0 aliphatic carbocycles. The molecule has 0 spiro atoms. The number of rotatable bonds is 4. The Morgan fingerprint density at radius 1 is 1.26 bits per heavy atom. The normalized spacial score (nSPS) is 10.3. The van der Waals surface area contributed by atoms with Crippen LogP contribution in [0.4, 0.5) is 21.8 Å². The van der Waals surface area contributed by atoms with Gasteiger partial charge in [0.15, 0.2) is 0 Å². The van der Waals surface area contributed by atoms with Gasteiger partial charge in [0, 0.05) is 24.0 Å². The predicted molar refractivity (Wildman–Crippen MR) is 78.3 cm³/mol. The Balaban J connectivity index is 2.24. The van der Waals surface area contributed by atoms with Gasteiger partial charge in [0.2, 0.25) is 5.95 Å². The lowest BCUT2D eigenvalue weighted by Crippen LogP contribution is -2.05. The van der Waals surface area contributed by atoms with E-state index >= 15 is 0 Å². The van der Waals surface area contributed by atoms with E-state index in [9.17, 15) is 4.39 Å². The minimum absolute atomic E-state index is 0.317. The van der Waals surface area contributed by atoms with Crippen LogP contribution in [-0.2, 0) is 0 Å². The summed E-state index contributed by atoms with van der Waals surface area (Å²) in [4.78, 5) is 8.56. The van der Waals surface area contributed by atoms with E-state index in [1.54, 1.807) is 18.2 Å². The molecule has 2 N–H and O–H groups in total. The first kappa shape index (κ1) is 13.7. The Hall–Kier alpha value is -1.69. The zero-order valence-corrected chi connectivity index (χ0v) is 12.3. The van der Waals surface area contributed by atoms with Crippen LogP contribution >= 0.6 is 15.9 Å². The van der Waals surface area contributed by atoms with Gasteiger partial charge in [0.25, 0.3) is 0 Å². The fourth-order valence-electron chi connectivity index (χ4n) is 1.59. The fourth-order valence-corrected chi connectivity index (χ4v) is 1.84. The average molecular weight is 325 g/mol. The zero-order valence-electron chi connectivity index (χ0n) is 10.7. The molecule has 6 heteroatoms. The molecule has 0 aliphatic heterocycles. The summed E-state index contributed by atoms with van der Waals surface area (Å²) in [7, 11) is 0.